The minimum atomic E-state index is -1.58. The lowest BCUT2D eigenvalue weighted by molar-refractivity contribution is 0.590. The van der Waals surface area contributed by atoms with Crippen molar-refractivity contribution in [1.82, 2.24) is 0 Å². The van der Waals surface area contributed by atoms with Gasteiger partial charge >= 0.3 is 0 Å². The zero-order chi connectivity index (χ0) is 9.90. The van der Waals surface area contributed by atoms with Crippen LogP contribution in [0.15, 0.2) is 30.3 Å². The van der Waals surface area contributed by atoms with Gasteiger partial charge in [0.2, 0.25) is 8.32 Å². The average Bonchev–Trinajstić information content (AvgIpc) is 2.04. The molecule has 0 aliphatic rings. The number of hydrogen-bond donors (Lipinski definition) is 0. The molecule has 1 nitrogen and oxygen atoms in total. The quantitative estimate of drug-likeness (QED) is 0.694. The van der Waals surface area contributed by atoms with Crippen molar-refractivity contribution in [1.29, 1.82) is 0 Å². The Balaban J connectivity index is 2.81. The normalized spacial score (nSPS) is 12.1. The summed E-state index contributed by atoms with van der Waals surface area (Å²) in [4.78, 5) is 0. The highest BCUT2D eigenvalue weighted by Gasteiger charge is 2.25. The lowest BCUT2D eigenvalue weighted by Gasteiger charge is -2.25. The van der Waals surface area contributed by atoms with Crippen molar-refractivity contribution < 1.29 is 4.12 Å². The molecule has 0 saturated heterocycles. The second-order valence-corrected chi connectivity index (χ2v) is 10.7. The van der Waals surface area contributed by atoms with E-state index in [0.29, 0.717) is 0 Å². The van der Waals surface area contributed by atoms with Crippen molar-refractivity contribution in [2.45, 2.75) is 26.2 Å². The molecule has 0 fully saturated rings. The van der Waals surface area contributed by atoms with E-state index in [4.69, 9.17) is 4.12 Å². The van der Waals surface area contributed by atoms with Gasteiger partial charge in [0, 0.05) is 0 Å². The minimum Gasteiger partial charge on any atom is -0.455 e. The van der Waals surface area contributed by atoms with E-state index >= 15 is 0 Å². The largest absolute Gasteiger partial charge is 0.455 e. The molecule has 0 atom stereocenters. The van der Waals surface area contributed by atoms with E-state index in [9.17, 15) is 0 Å². The molecule has 72 valence electrons. The van der Waals surface area contributed by atoms with Crippen LogP contribution in [-0.4, -0.2) is 17.4 Å². The van der Waals surface area contributed by atoms with Crippen molar-refractivity contribution in [3.63, 3.8) is 0 Å². The number of rotatable bonds is 3. The number of benzene rings is 1. The van der Waals surface area contributed by atoms with Gasteiger partial charge in [-0.2, -0.15) is 0 Å². The Kier molecular flexibility index (Phi) is 3.47. The maximum atomic E-state index is 6.10. The summed E-state index contributed by atoms with van der Waals surface area (Å²) in [5.41, 5.74) is 0. The van der Waals surface area contributed by atoms with Crippen molar-refractivity contribution in [2.75, 3.05) is 0 Å². The first-order valence-electron chi connectivity index (χ1n) is 4.76. The van der Waals surface area contributed by atoms with Crippen molar-refractivity contribution in [2.24, 2.45) is 0 Å². The molecular weight excluding hydrogens is 192 g/mol. The molecule has 1 aromatic rings. The van der Waals surface area contributed by atoms with Gasteiger partial charge in [0.05, 0.1) is 0 Å². The summed E-state index contributed by atoms with van der Waals surface area (Å²) >= 11 is 0. The molecule has 0 aliphatic carbocycles. The van der Waals surface area contributed by atoms with Gasteiger partial charge in [-0.25, -0.2) is 0 Å². The second kappa shape index (κ2) is 4.22. The van der Waals surface area contributed by atoms with Crippen molar-refractivity contribution >= 4 is 22.5 Å². The topological polar surface area (TPSA) is 9.23 Å². The fraction of sp³-hybridized carbons (Fsp3) is 0.400. The van der Waals surface area contributed by atoms with E-state index < -0.39 is 17.4 Å². The van der Waals surface area contributed by atoms with Crippen LogP contribution in [0.3, 0.4) is 0 Å². The molecule has 0 aromatic heterocycles. The summed E-state index contributed by atoms with van der Waals surface area (Å²) in [6.07, 6.45) is 0. The summed E-state index contributed by atoms with van der Waals surface area (Å²) in [5, 5.41) is 1.40. The maximum Gasteiger partial charge on any atom is 0.205 e. The molecule has 0 N–H and O–H groups in total. The molecule has 13 heavy (non-hydrogen) atoms. The summed E-state index contributed by atoms with van der Waals surface area (Å²) in [5.74, 6) is 0. The molecular formula is C10H18OSi2. The summed E-state index contributed by atoms with van der Waals surface area (Å²) < 4.78 is 6.10. The molecule has 0 aliphatic heterocycles. The highest BCUT2D eigenvalue weighted by atomic mass is 28.4. The molecule has 1 rings (SSSR count). The van der Waals surface area contributed by atoms with Gasteiger partial charge in [-0.05, 0) is 31.4 Å². The molecule has 3 heteroatoms. The van der Waals surface area contributed by atoms with Gasteiger partial charge in [-0.15, -0.1) is 0 Å². The van der Waals surface area contributed by atoms with Gasteiger partial charge in [-0.1, -0.05) is 30.3 Å². The summed E-state index contributed by atoms with van der Waals surface area (Å²) in [6, 6.07) is 10.6. The predicted molar refractivity (Wildman–Crippen MR) is 63.5 cm³/mol. The molecule has 0 amide bonds. The first-order valence-corrected chi connectivity index (χ1v) is 10.4. The lowest BCUT2D eigenvalue weighted by Crippen LogP contribution is -2.47. The second-order valence-electron chi connectivity index (χ2n) is 4.04. The van der Waals surface area contributed by atoms with Crippen molar-refractivity contribution in [3.05, 3.63) is 30.3 Å². The van der Waals surface area contributed by atoms with Crippen LogP contribution >= 0.6 is 0 Å². The van der Waals surface area contributed by atoms with Crippen LogP contribution in [0.4, 0.5) is 0 Å². The Morgan fingerprint density at radius 1 is 1.08 bits per heavy atom. The lowest BCUT2D eigenvalue weighted by atomic mass is 10.4. The molecule has 0 unspecified atom stereocenters. The minimum absolute atomic E-state index is 0.904. The highest BCUT2D eigenvalue weighted by Crippen LogP contribution is 2.06. The average molecular weight is 210 g/mol. The van der Waals surface area contributed by atoms with Crippen LogP contribution in [0.25, 0.3) is 0 Å². The van der Waals surface area contributed by atoms with E-state index in [1.165, 1.54) is 5.19 Å². The van der Waals surface area contributed by atoms with Crippen molar-refractivity contribution in [3.8, 4) is 0 Å². The van der Waals surface area contributed by atoms with Crippen LogP contribution in [0.2, 0.25) is 26.2 Å². The van der Waals surface area contributed by atoms with E-state index in [1.54, 1.807) is 0 Å². The van der Waals surface area contributed by atoms with Crippen LogP contribution < -0.4 is 5.19 Å². The van der Waals surface area contributed by atoms with Gasteiger partial charge in [0.1, 0.15) is 0 Å². The van der Waals surface area contributed by atoms with Crippen LogP contribution in [0, 0.1) is 0 Å². The standard InChI is InChI=1S/C10H18OSi2/c1-12(2)11-13(3,4)10-8-6-5-7-9-10/h5-9,12H,1-4H3. The molecule has 0 radical (unpaired) electrons. The SMILES string of the molecule is C[SiH](C)O[Si](C)(C)c1ccccc1. The van der Waals surface area contributed by atoms with E-state index in [2.05, 4.69) is 56.5 Å². The summed E-state index contributed by atoms with van der Waals surface area (Å²) in [7, 11) is -2.48. The first-order chi connectivity index (χ1) is 6.02. The third-order valence-electron chi connectivity index (χ3n) is 2.00. The van der Waals surface area contributed by atoms with Crippen LogP contribution in [-0.2, 0) is 4.12 Å². The fourth-order valence-corrected chi connectivity index (χ4v) is 7.75. The maximum absolute atomic E-state index is 6.10. The molecule has 0 bridgehead atoms. The zero-order valence-corrected chi connectivity index (χ0v) is 11.0. The Morgan fingerprint density at radius 3 is 2.08 bits per heavy atom. The highest BCUT2D eigenvalue weighted by molar-refractivity contribution is 6.88. The number of hydrogen-bond acceptors (Lipinski definition) is 1. The third kappa shape index (κ3) is 3.10. The van der Waals surface area contributed by atoms with Crippen LogP contribution in [0.1, 0.15) is 0 Å². The van der Waals surface area contributed by atoms with Crippen LogP contribution in [0.5, 0.6) is 0 Å². The third-order valence-corrected chi connectivity index (χ3v) is 7.97. The Morgan fingerprint density at radius 2 is 1.62 bits per heavy atom. The Hall–Kier alpha value is -0.386. The van der Waals surface area contributed by atoms with E-state index in [0.717, 1.165) is 0 Å². The smallest absolute Gasteiger partial charge is 0.205 e. The molecule has 0 spiro atoms. The molecule has 0 heterocycles. The summed E-state index contributed by atoms with van der Waals surface area (Å²) in [6.45, 7) is 9.01. The first kappa shape index (κ1) is 10.7. The predicted octanol–water partition coefficient (Wildman–Crippen LogP) is 2.10. The monoisotopic (exact) mass is 210 g/mol. The Bertz CT molecular complexity index is 257. The Labute approximate surface area is 83.6 Å². The van der Waals surface area contributed by atoms with Gasteiger partial charge in [-0.3, -0.25) is 0 Å². The fourth-order valence-electron chi connectivity index (χ4n) is 1.50. The van der Waals surface area contributed by atoms with Gasteiger partial charge in [0.15, 0.2) is 9.04 Å². The molecule has 0 saturated carbocycles. The van der Waals surface area contributed by atoms with E-state index in [1.807, 2.05) is 0 Å². The zero-order valence-electron chi connectivity index (χ0n) is 8.87. The molecule has 1 aromatic carbocycles. The van der Waals surface area contributed by atoms with E-state index in [-0.39, 0.29) is 0 Å². The van der Waals surface area contributed by atoms with Gasteiger partial charge in [0.25, 0.3) is 0 Å². The van der Waals surface area contributed by atoms with Gasteiger partial charge < -0.3 is 4.12 Å².